The summed E-state index contributed by atoms with van der Waals surface area (Å²) in [6.07, 6.45) is 0.839. The van der Waals surface area contributed by atoms with E-state index in [2.05, 4.69) is 26.1 Å². The molecule has 0 aromatic heterocycles. The van der Waals surface area contributed by atoms with Gasteiger partial charge in [-0.2, -0.15) is 0 Å². The molecular weight excluding hydrogens is 306 g/mol. The van der Waals surface area contributed by atoms with E-state index >= 15 is 0 Å². The molecule has 0 saturated heterocycles. The lowest BCUT2D eigenvalue weighted by molar-refractivity contribution is -0.385. The molecule has 1 rings (SSSR count). The Morgan fingerprint density at radius 2 is 1.86 bits per heavy atom. The van der Waals surface area contributed by atoms with Crippen LogP contribution in [0.3, 0.4) is 0 Å². The summed E-state index contributed by atoms with van der Waals surface area (Å²) in [6, 6.07) is 3.83. The molecule has 0 aliphatic rings. The monoisotopic (exact) mass is 329 g/mol. The summed E-state index contributed by atoms with van der Waals surface area (Å²) in [6.45, 7) is 6.84. The maximum absolute atomic E-state index is 12.4. The van der Waals surface area contributed by atoms with Crippen molar-refractivity contribution in [1.82, 2.24) is 4.31 Å². The average molecular weight is 329 g/mol. The Balaban J connectivity index is 3.19. The summed E-state index contributed by atoms with van der Waals surface area (Å²) in [4.78, 5) is 10.2. The quantitative estimate of drug-likeness (QED) is 0.640. The highest BCUT2D eigenvalue weighted by molar-refractivity contribution is 7.89. The Bertz CT molecular complexity index is 649. The average Bonchev–Trinajstić information content (AvgIpc) is 2.36. The number of hydrogen-bond donors (Lipinski definition) is 1. The molecule has 0 saturated carbocycles. The van der Waals surface area contributed by atoms with Crippen LogP contribution in [0.25, 0.3) is 0 Å². The fourth-order valence-corrected chi connectivity index (χ4v) is 2.83. The van der Waals surface area contributed by atoms with E-state index in [1.807, 2.05) is 0 Å². The minimum Gasteiger partial charge on any atom is -0.384 e. The summed E-state index contributed by atoms with van der Waals surface area (Å²) in [5.41, 5.74) is 0.235. The molecule has 0 atom stereocenters. The summed E-state index contributed by atoms with van der Waals surface area (Å²) in [5, 5.41) is 14.0. The Hall–Kier alpha value is -1.67. The molecule has 124 valence electrons. The Labute approximate surface area is 131 Å². The number of nitro benzene ring substituents is 1. The molecule has 22 heavy (non-hydrogen) atoms. The van der Waals surface area contributed by atoms with Crippen molar-refractivity contribution in [2.45, 2.75) is 32.1 Å². The highest BCUT2D eigenvalue weighted by atomic mass is 32.2. The molecule has 0 unspecified atom stereocenters. The van der Waals surface area contributed by atoms with Crippen LogP contribution in [0.4, 0.5) is 11.4 Å². The molecular formula is C14H23N3O4S. The van der Waals surface area contributed by atoms with Crippen molar-refractivity contribution in [3.8, 4) is 0 Å². The zero-order chi connectivity index (χ0) is 17.1. The highest BCUT2D eigenvalue weighted by Gasteiger charge is 2.24. The molecule has 0 amide bonds. The molecule has 0 bridgehead atoms. The summed E-state index contributed by atoms with van der Waals surface area (Å²) in [5.74, 6) is 0. The Morgan fingerprint density at radius 1 is 1.27 bits per heavy atom. The second kappa shape index (κ2) is 6.62. The molecule has 7 nitrogen and oxygen atoms in total. The van der Waals surface area contributed by atoms with Gasteiger partial charge in [0.15, 0.2) is 0 Å². The zero-order valence-corrected chi connectivity index (χ0v) is 14.4. The molecule has 0 aliphatic carbocycles. The van der Waals surface area contributed by atoms with Crippen LogP contribution in [0, 0.1) is 15.5 Å². The molecule has 0 aliphatic heterocycles. The van der Waals surface area contributed by atoms with Crippen molar-refractivity contribution in [3.63, 3.8) is 0 Å². The molecule has 8 heteroatoms. The second-order valence-corrected chi connectivity index (χ2v) is 8.58. The third-order valence-corrected chi connectivity index (χ3v) is 4.98. The van der Waals surface area contributed by atoms with Gasteiger partial charge in [-0.3, -0.25) is 10.1 Å². The van der Waals surface area contributed by atoms with Crippen molar-refractivity contribution < 1.29 is 13.3 Å². The van der Waals surface area contributed by atoms with Crippen molar-refractivity contribution in [2.24, 2.45) is 5.41 Å². The minimum absolute atomic E-state index is 0.0828. The second-order valence-electron chi connectivity index (χ2n) is 6.46. The summed E-state index contributed by atoms with van der Waals surface area (Å²) >= 11 is 0. The number of sulfonamides is 1. The van der Waals surface area contributed by atoms with E-state index in [0.29, 0.717) is 12.2 Å². The van der Waals surface area contributed by atoms with Crippen LogP contribution in [0.1, 0.15) is 27.2 Å². The maximum Gasteiger partial charge on any atom is 0.270 e. The first-order valence-corrected chi connectivity index (χ1v) is 8.34. The first-order chi connectivity index (χ1) is 9.95. The minimum atomic E-state index is -3.76. The number of non-ortho nitro benzene ring substituents is 1. The van der Waals surface area contributed by atoms with Crippen LogP contribution >= 0.6 is 0 Å². The largest absolute Gasteiger partial charge is 0.384 e. The third kappa shape index (κ3) is 4.67. The number of nitrogens with zero attached hydrogens (tertiary/aromatic N) is 2. The van der Waals surface area contributed by atoms with Gasteiger partial charge in [-0.15, -0.1) is 0 Å². The first-order valence-electron chi connectivity index (χ1n) is 6.90. The predicted molar refractivity (Wildman–Crippen MR) is 86.5 cm³/mol. The first kappa shape index (κ1) is 18.4. The van der Waals surface area contributed by atoms with Gasteiger partial charge in [-0.1, -0.05) is 20.8 Å². The molecule has 0 radical (unpaired) electrons. The van der Waals surface area contributed by atoms with Crippen molar-refractivity contribution in [3.05, 3.63) is 28.3 Å². The van der Waals surface area contributed by atoms with Gasteiger partial charge in [0.25, 0.3) is 5.69 Å². The number of nitro groups is 1. The Kier molecular flexibility index (Phi) is 5.53. The van der Waals surface area contributed by atoms with Crippen LogP contribution in [0.2, 0.25) is 0 Å². The normalized spacial score (nSPS) is 12.5. The van der Waals surface area contributed by atoms with Gasteiger partial charge in [0.2, 0.25) is 10.0 Å². The van der Waals surface area contributed by atoms with Gasteiger partial charge in [0.1, 0.15) is 4.90 Å². The number of nitrogens with one attached hydrogen (secondary N) is 1. The van der Waals surface area contributed by atoms with E-state index in [1.54, 1.807) is 0 Å². The van der Waals surface area contributed by atoms with Gasteiger partial charge in [-0.05, 0) is 17.9 Å². The summed E-state index contributed by atoms with van der Waals surface area (Å²) < 4.78 is 25.7. The van der Waals surface area contributed by atoms with E-state index in [0.717, 1.165) is 16.8 Å². The number of anilines is 1. The van der Waals surface area contributed by atoms with E-state index in [-0.39, 0.29) is 16.0 Å². The van der Waals surface area contributed by atoms with Crippen molar-refractivity contribution >= 4 is 21.4 Å². The van der Waals surface area contributed by atoms with Crippen LogP contribution in [-0.2, 0) is 10.0 Å². The third-order valence-electron chi connectivity index (χ3n) is 3.13. The summed E-state index contributed by atoms with van der Waals surface area (Å²) in [7, 11) is -0.971. The number of hydrogen-bond acceptors (Lipinski definition) is 5. The van der Waals surface area contributed by atoms with Gasteiger partial charge >= 0.3 is 0 Å². The highest BCUT2D eigenvalue weighted by Crippen LogP contribution is 2.28. The topological polar surface area (TPSA) is 92.5 Å². The van der Waals surface area contributed by atoms with E-state index in [1.165, 1.54) is 26.2 Å². The lowest BCUT2D eigenvalue weighted by Gasteiger charge is -2.20. The van der Waals surface area contributed by atoms with Crippen molar-refractivity contribution in [1.29, 1.82) is 0 Å². The Morgan fingerprint density at radius 3 is 2.32 bits per heavy atom. The lowest BCUT2D eigenvalue weighted by Crippen LogP contribution is -2.24. The SMILES string of the molecule is CN(C)S(=O)(=O)c1cc([N+](=O)[O-])ccc1NCCC(C)(C)C. The van der Waals surface area contributed by atoms with E-state index in [9.17, 15) is 18.5 Å². The van der Waals surface area contributed by atoms with E-state index in [4.69, 9.17) is 0 Å². The van der Waals surface area contributed by atoms with Crippen LogP contribution < -0.4 is 5.32 Å². The standard InChI is InChI=1S/C14H23N3O4S/c1-14(2,3)8-9-15-12-7-6-11(17(18)19)10-13(12)22(20,21)16(4)5/h6-7,10,15H,8-9H2,1-5H3. The molecule has 0 spiro atoms. The fourth-order valence-electron chi connectivity index (χ4n) is 1.75. The maximum atomic E-state index is 12.4. The lowest BCUT2D eigenvalue weighted by atomic mass is 9.92. The van der Waals surface area contributed by atoms with Crippen LogP contribution in [0.15, 0.2) is 23.1 Å². The van der Waals surface area contributed by atoms with Gasteiger partial charge in [0.05, 0.1) is 10.6 Å². The molecule has 1 N–H and O–H groups in total. The van der Waals surface area contributed by atoms with Crippen molar-refractivity contribution in [2.75, 3.05) is 26.0 Å². The van der Waals surface area contributed by atoms with Gasteiger partial charge < -0.3 is 5.32 Å². The fraction of sp³-hybridized carbons (Fsp3) is 0.571. The predicted octanol–water partition coefficient (Wildman–Crippen LogP) is 2.69. The van der Waals surface area contributed by atoms with Crippen LogP contribution in [-0.4, -0.2) is 38.3 Å². The zero-order valence-electron chi connectivity index (χ0n) is 13.6. The van der Waals surface area contributed by atoms with E-state index < -0.39 is 14.9 Å². The van der Waals surface area contributed by atoms with Crippen LogP contribution in [0.5, 0.6) is 0 Å². The molecule has 0 heterocycles. The molecule has 1 aromatic rings. The number of benzene rings is 1. The smallest absolute Gasteiger partial charge is 0.270 e. The van der Waals surface area contributed by atoms with Gasteiger partial charge in [-0.25, -0.2) is 12.7 Å². The number of rotatable bonds is 6. The van der Waals surface area contributed by atoms with Gasteiger partial charge in [0, 0.05) is 32.8 Å². The molecule has 1 aromatic carbocycles. The molecule has 0 fully saturated rings.